The fourth-order valence-electron chi connectivity index (χ4n) is 3.92. The number of fused-ring (bicyclic) bond motifs is 1. The number of hydrogen-bond donors (Lipinski definition) is 1. The molecule has 4 rings (SSSR count). The van der Waals surface area contributed by atoms with Gasteiger partial charge in [0.05, 0.1) is 22.8 Å². The Morgan fingerprint density at radius 2 is 2.14 bits per heavy atom. The Hall–Kier alpha value is -2.67. The highest BCUT2D eigenvalue weighted by atomic mass is 16.3. The van der Waals surface area contributed by atoms with Crippen molar-refractivity contribution >= 4 is 16.9 Å². The number of likely N-dealkylation sites (N-methyl/N-ethyl adjacent to an activating group) is 1. The van der Waals surface area contributed by atoms with Gasteiger partial charge in [-0.2, -0.15) is 5.10 Å². The molecule has 0 aliphatic carbocycles. The number of pyridine rings is 1. The van der Waals surface area contributed by atoms with Crippen LogP contribution in [0.3, 0.4) is 0 Å². The smallest absolute Gasteiger partial charge is 0.254 e. The topological polar surface area (TPSA) is 76.2 Å². The summed E-state index contributed by atoms with van der Waals surface area (Å²) in [6.07, 6.45) is 2.72. The number of carbonyl (C=O) groups is 1. The van der Waals surface area contributed by atoms with E-state index in [9.17, 15) is 4.79 Å². The van der Waals surface area contributed by atoms with E-state index in [0.717, 1.165) is 53.3 Å². The van der Waals surface area contributed by atoms with Crippen molar-refractivity contribution in [3.05, 3.63) is 35.4 Å². The first-order valence-corrected chi connectivity index (χ1v) is 9.80. The molecule has 0 spiro atoms. The lowest BCUT2D eigenvalue weighted by Crippen LogP contribution is -2.38. The quantitative estimate of drug-likeness (QED) is 0.750. The summed E-state index contributed by atoms with van der Waals surface area (Å²) in [4.78, 5) is 20.1. The van der Waals surface area contributed by atoms with E-state index >= 15 is 0 Å². The first-order chi connectivity index (χ1) is 13.4. The second kappa shape index (κ2) is 7.05. The van der Waals surface area contributed by atoms with Crippen LogP contribution in [0.2, 0.25) is 0 Å². The number of hydrogen-bond acceptors (Lipinski definition) is 5. The molecule has 1 N–H and O–H groups in total. The second-order valence-electron chi connectivity index (χ2n) is 7.86. The fourth-order valence-corrected chi connectivity index (χ4v) is 3.92. The zero-order chi connectivity index (χ0) is 20.0. The molecule has 1 unspecified atom stereocenters. The van der Waals surface area contributed by atoms with Crippen molar-refractivity contribution in [2.45, 2.75) is 46.2 Å². The zero-order valence-corrected chi connectivity index (χ0v) is 17.1. The van der Waals surface area contributed by atoms with Crippen molar-refractivity contribution in [3.8, 4) is 11.3 Å². The Kier molecular flexibility index (Phi) is 4.71. The summed E-state index contributed by atoms with van der Waals surface area (Å²) in [5.41, 5.74) is 3.02. The molecule has 7 nitrogen and oxygen atoms in total. The second-order valence-corrected chi connectivity index (χ2v) is 7.86. The van der Waals surface area contributed by atoms with Crippen molar-refractivity contribution < 1.29 is 9.21 Å². The maximum Gasteiger partial charge on any atom is 0.254 e. The van der Waals surface area contributed by atoms with Crippen molar-refractivity contribution in [1.82, 2.24) is 25.0 Å². The van der Waals surface area contributed by atoms with Crippen LogP contribution < -0.4 is 5.32 Å². The Balaban J connectivity index is 1.88. The van der Waals surface area contributed by atoms with E-state index in [1.807, 2.05) is 42.6 Å². The standard InChI is InChI=1S/C21H27N5O2/c1-12(2)26-20-18(11-23-26)17(21(27)25(5)15-6-7-22-10-15)9-19(24-20)16-8-13(3)28-14(16)4/h8-9,11-12,15,22H,6-7,10H2,1-5H3. The number of furan rings is 1. The summed E-state index contributed by atoms with van der Waals surface area (Å²) in [6.45, 7) is 9.73. The largest absolute Gasteiger partial charge is 0.466 e. The van der Waals surface area contributed by atoms with Crippen molar-refractivity contribution in [2.24, 2.45) is 0 Å². The molecule has 1 saturated heterocycles. The first kappa shape index (κ1) is 18.7. The molecule has 0 radical (unpaired) electrons. The molecule has 1 amide bonds. The van der Waals surface area contributed by atoms with E-state index in [1.54, 1.807) is 6.20 Å². The molecule has 1 fully saturated rings. The Morgan fingerprint density at radius 3 is 2.75 bits per heavy atom. The van der Waals surface area contributed by atoms with Gasteiger partial charge >= 0.3 is 0 Å². The van der Waals surface area contributed by atoms with E-state index in [-0.39, 0.29) is 18.0 Å². The molecule has 1 aliphatic rings. The molecule has 3 aromatic heterocycles. The van der Waals surface area contributed by atoms with Gasteiger partial charge in [0.2, 0.25) is 0 Å². The molecule has 4 heterocycles. The van der Waals surface area contributed by atoms with E-state index < -0.39 is 0 Å². The van der Waals surface area contributed by atoms with Crippen LogP contribution >= 0.6 is 0 Å². The van der Waals surface area contributed by atoms with E-state index in [0.29, 0.717) is 5.56 Å². The first-order valence-electron chi connectivity index (χ1n) is 9.80. The van der Waals surface area contributed by atoms with Gasteiger partial charge in [-0.15, -0.1) is 0 Å². The predicted octanol–water partition coefficient (Wildman–Crippen LogP) is 3.32. The maximum atomic E-state index is 13.4. The Labute approximate surface area is 164 Å². The van der Waals surface area contributed by atoms with E-state index in [2.05, 4.69) is 24.3 Å². The van der Waals surface area contributed by atoms with Gasteiger partial charge in [-0.1, -0.05) is 0 Å². The zero-order valence-electron chi connectivity index (χ0n) is 17.1. The average Bonchev–Trinajstić information content (AvgIpc) is 3.38. The van der Waals surface area contributed by atoms with E-state index in [1.165, 1.54) is 0 Å². The van der Waals surface area contributed by atoms with Crippen LogP contribution in [0.25, 0.3) is 22.3 Å². The number of nitrogens with zero attached hydrogens (tertiary/aromatic N) is 4. The molecule has 28 heavy (non-hydrogen) atoms. The molecule has 1 aliphatic heterocycles. The predicted molar refractivity (Wildman–Crippen MR) is 108 cm³/mol. The van der Waals surface area contributed by atoms with Crippen LogP contribution in [0.5, 0.6) is 0 Å². The molecule has 0 aromatic carbocycles. The van der Waals surface area contributed by atoms with Crippen LogP contribution in [0.1, 0.15) is 48.2 Å². The van der Waals surface area contributed by atoms with Crippen molar-refractivity contribution in [1.29, 1.82) is 0 Å². The van der Waals surface area contributed by atoms with Crippen LogP contribution in [0.4, 0.5) is 0 Å². The minimum absolute atomic E-state index is 0.00326. The molecule has 148 valence electrons. The number of carbonyl (C=O) groups excluding carboxylic acids is 1. The summed E-state index contributed by atoms with van der Waals surface area (Å²) in [7, 11) is 1.88. The summed E-state index contributed by atoms with van der Waals surface area (Å²) < 4.78 is 7.57. The average molecular weight is 381 g/mol. The van der Waals surface area contributed by atoms with Gasteiger partial charge in [0.25, 0.3) is 5.91 Å². The van der Waals surface area contributed by atoms with Gasteiger partial charge in [0.1, 0.15) is 11.5 Å². The molecule has 0 bridgehead atoms. The SMILES string of the molecule is Cc1cc(-c2cc(C(=O)N(C)C3CCNC3)c3cnn(C(C)C)c3n2)c(C)o1. The van der Waals surface area contributed by atoms with E-state index in [4.69, 9.17) is 9.40 Å². The lowest BCUT2D eigenvalue weighted by molar-refractivity contribution is 0.0745. The number of aryl methyl sites for hydroxylation is 2. The minimum Gasteiger partial charge on any atom is -0.466 e. The Bertz CT molecular complexity index is 1030. The number of amides is 1. The summed E-state index contributed by atoms with van der Waals surface area (Å²) >= 11 is 0. The highest BCUT2D eigenvalue weighted by Gasteiger charge is 2.27. The van der Waals surface area contributed by atoms with Gasteiger partial charge in [0.15, 0.2) is 5.65 Å². The maximum absolute atomic E-state index is 13.4. The third kappa shape index (κ3) is 3.09. The van der Waals surface area contributed by atoms with Gasteiger partial charge < -0.3 is 14.6 Å². The van der Waals surface area contributed by atoms with Gasteiger partial charge in [0, 0.05) is 31.2 Å². The fraction of sp³-hybridized carbons (Fsp3) is 0.476. The van der Waals surface area contributed by atoms with Gasteiger partial charge in [-0.25, -0.2) is 9.67 Å². The third-order valence-electron chi connectivity index (χ3n) is 5.51. The number of nitrogens with one attached hydrogen (secondary N) is 1. The molecular weight excluding hydrogens is 354 g/mol. The summed E-state index contributed by atoms with van der Waals surface area (Å²) in [6, 6.07) is 4.20. The molecule has 3 aromatic rings. The molecule has 0 saturated carbocycles. The number of rotatable bonds is 4. The van der Waals surface area contributed by atoms with Crippen molar-refractivity contribution in [2.75, 3.05) is 20.1 Å². The Morgan fingerprint density at radius 1 is 1.36 bits per heavy atom. The van der Waals surface area contributed by atoms with Crippen LogP contribution in [-0.4, -0.2) is 51.8 Å². The van der Waals surface area contributed by atoms with Crippen LogP contribution in [-0.2, 0) is 0 Å². The molecular formula is C21H27N5O2. The molecule has 1 atom stereocenters. The third-order valence-corrected chi connectivity index (χ3v) is 5.51. The minimum atomic E-state index is 0.00326. The normalized spacial score (nSPS) is 17.0. The van der Waals surface area contributed by atoms with Crippen LogP contribution in [0.15, 0.2) is 22.7 Å². The van der Waals surface area contributed by atoms with Crippen molar-refractivity contribution in [3.63, 3.8) is 0 Å². The summed E-state index contributed by atoms with van der Waals surface area (Å²) in [5.74, 6) is 1.63. The van der Waals surface area contributed by atoms with Crippen LogP contribution in [0, 0.1) is 13.8 Å². The highest BCUT2D eigenvalue weighted by molar-refractivity contribution is 6.06. The molecule has 7 heteroatoms. The lowest BCUT2D eigenvalue weighted by atomic mass is 10.1. The monoisotopic (exact) mass is 381 g/mol. The lowest BCUT2D eigenvalue weighted by Gasteiger charge is -2.24. The van der Waals surface area contributed by atoms with Gasteiger partial charge in [-0.3, -0.25) is 4.79 Å². The summed E-state index contributed by atoms with van der Waals surface area (Å²) in [5, 5.41) is 8.62. The number of aromatic nitrogens is 3. The highest BCUT2D eigenvalue weighted by Crippen LogP contribution is 2.30. The van der Waals surface area contributed by atoms with Gasteiger partial charge in [-0.05, 0) is 52.8 Å².